The van der Waals surface area contributed by atoms with E-state index in [1.807, 2.05) is 0 Å². The fourth-order valence-corrected chi connectivity index (χ4v) is 1.94. The summed E-state index contributed by atoms with van der Waals surface area (Å²) in [7, 11) is 0. The minimum atomic E-state index is -1.16. The average Bonchev–Trinajstić information content (AvgIpc) is 2.80. The van der Waals surface area contributed by atoms with Gasteiger partial charge in [0.1, 0.15) is 10.8 Å². The van der Waals surface area contributed by atoms with E-state index in [0.717, 1.165) is 5.01 Å². The van der Waals surface area contributed by atoms with E-state index in [1.165, 1.54) is 29.5 Å². The van der Waals surface area contributed by atoms with Crippen LogP contribution in [0.1, 0.15) is 15.4 Å². The van der Waals surface area contributed by atoms with E-state index in [0.29, 0.717) is 6.54 Å². The second kappa shape index (κ2) is 4.92. The number of benzene rings is 1. The molecule has 1 aromatic heterocycles. The van der Waals surface area contributed by atoms with Gasteiger partial charge in [-0.25, -0.2) is 14.2 Å². The maximum atomic E-state index is 13.5. The van der Waals surface area contributed by atoms with Crippen molar-refractivity contribution in [3.63, 3.8) is 0 Å². The van der Waals surface area contributed by atoms with Crippen molar-refractivity contribution in [1.29, 1.82) is 0 Å². The van der Waals surface area contributed by atoms with Gasteiger partial charge in [-0.1, -0.05) is 6.07 Å². The van der Waals surface area contributed by atoms with Gasteiger partial charge >= 0.3 is 5.97 Å². The first-order valence-electron chi connectivity index (χ1n) is 4.82. The van der Waals surface area contributed by atoms with E-state index in [4.69, 9.17) is 5.11 Å². The molecule has 0 bridgehead atoms. The molecule has 17 heavy (non-hydrogen) atoms. The lowest BCUT2D eigenvalue weighted by Gasteiger charge is -2.08. The molecule has 0 aliphatic carbocycles. The Bertz CT molecular complexity index is 528. The Hall–Kier alpha value is -1.95. The molecule has 1 heterocycles. The lowest BCUT2D eigenvalue weighted by molar-refractivity contribution is 0.0697. The van der Waals surface area contributed by atoms with Crippen molar-refractivity contribution < 1.29 is 14.3 Å². The van der Waals surface area contributed by atoms with Gasteiger partial charge in [0.2, 0.25) is 0 Å². The first kappa shape index (κ1) is 11.5. The topological polar surface area (TPSA) is 62.2 Å². The molecule has 4 nitrogen and oxygen atoms in total. The van der Waals surface area contributed by atoms with Crippen molar-refractivity contribution in [2.45, 2.75) is 6.54 Å². The number of anilines is 1. The average molecular weight is 252 g/mol. The molecule has 6 heteroatoms. The van der Waals surface area contributed by atoms with Crippen LogP contribution in [0.15, 0.2) is 29.8 Å². The molecule has 2 rings (SSSR count). The van der Waals surface area contributed by atoms with Gasteiger partial charge in [0, 0.05) is 11.6 Å². The zero-order valence-corrected chi connectivity index (χ0v) is 9.50. The number of aromatic carboxylic acids is 1. The highest BCUT2D eigenvalue weighted by atomic mass is 32.1. The SMILES string of the molecule is O=C(O)c1cccc(F)c1NCc1nccs1. The molecule has 2 aromatic rings. The molecule has 0 amide bonds. The highest BCUT2D eigenvalue weighted by Crippen LogP contribution is 2.21. The summed E-state index contributed by atoms with van der Waals surface area (Å²) in [5.41, 5.74) is -0.0863. The molecule has 0 aliphatic rings. The van der Waals surface area contributed by atoms with Gasteiger partial charge < -0.3 is 10.4 Å². The number of carboxylic acids is 1. The fraction of sp³-hybridized carbons (Fsp3) is 0.0909. The summed E-state index contributed by atoms with van der Waals surface area (Å²) in [4.78, 5) is 14.9. The molecular formula is C11H9FN2O2S. The zero-order chi connectivity index (χ0) is 12.3. The maximum Gasteiger partial charge on any atom is 0.337 e. The van der Waals surface area contributed by atoms with Crippen molar-refractivity contribution in [3.8, 4) is 0 Å². The lowest BCUT2D eigenvalue weighted by atomic mass is 10.1. The Balaban J connectivity index is 2.22. The molecular weight excluding hydrogens is 243 g/mol. The second-order valence-corrected chi connectivity index (χ2v) is 4.23. The van der Waals surface area contributed by atoms with Crippen LogP contribution in [0.4, 0.5) is 10.1 Å². The molecule has 0 aliphatic heterocycles. The predicted molar refractivity (Wildman–Crippen MR) is 62.8 cm³/mol. The first-order valence-corrected chi connectivity index (χ1v) is 5.70. The number of halogens is 1. The summed E-state index contributed by atoms with van der Waals surface area (Å²) in [5.74, 6) is -1.74. The largest absolute Gasteiger partial charge is 0.478 e. The summed E-state index contributed by atoms with van der Waals surface area (Å²) in [6, 6.07) is 3.94. The van der Waals surface area contributed by atoms with E-state index in [1.54, 1.807) is 11.6 Å². The first-order chi connectivity index (χ1) is 8.18. The van der Waals surface area contributed by atoms with Crippen molar-refractivity contribution in [2.75, 3.05) is 5.32 Å². The minimum absolute atomic E-state index is 0.00444. The lowest BCUT2D eigenvalue weighted by Crippen LogP contribution is -2.08. The third kappa shape index (κ3) is 2.59. The van der Waals surface area contributed by atoms with Gasteiger partial charge in [0.15, 0.2) is 0 Å². The standard InChI is InChI=1S/C11H9FN2O2S/c12-8-3-1-2-7(11(15)16)10(8)14-6-9-13-4-5-17-9/h1-5,14H,6H2,(H,15,16). The number of hydrogen-bond donors (Lipinski definition) is 2. The molecule has 0 spiro atoms. The van der Waals surface area contributed by atoms with E-state index in [9.17, 15) is 9.18 Å². The number of aromatic nitrogens is 1. The van der Waals surface area contributed by atoms with Gasteiger partial charge in [-0.3, -0.25) is 0 Å². The zero-order valence-electron chi connectivity index (χ0n) is 8.68. The van der Waals surface area contributed by atoms with Gasteiger partial charge in [-0.2, -0.15) is 0 Å². The normalized spacial score (nSPS) is 10.2. The van der Waals surface area contributed by atoms with E-state index in [-0.39, 0.29) is 11.3 Å². The van der Waals surface area contributed by atoms with Crippen LogP contribution in [0, 0.1) is 5.82 Å². The highest BCUT2D eigenvalue weighted by molar-refractivity contribution is 7.09. The van der Waals surface area contributed by atoms with Crippen LogP contribution in [0.3, 0.4) is 0 Å². The fourth-order valence-electron chi connectivity index (χ4n) is 1.39. The van der Waals surface area contributed by atoms with Crippen LogP contribution in [0.2, 0.25) is 0 Å². The molecule has 1 aromatic carbocycles. The second-order valence-electron chi connectivity index (χ2n) is 3.25. The Morgan fingerprint density at radius 2 is 2.35 bits per heavy atom. The number of nitrogens with one attached hydrogen (secondary N) is 1. The van der Waals surface area contributed by atoms with Crippen molar-refractivity contribution in [2.24, 2.45) is 0 Å². The number of thiazole rings is 1. The minimum Gasteiger partial charge on any atom is -0.478 e. The number of rotatable bonds is 4. The monoisotopic (exact) mass is 252 g/mol. The molecule has 0 unspecified atom stereocenters. The van der Waals surface area contributed by atoms with Crippen LogP contribution in [-0.2, 0) is 6.54 Å². The van der Waals surface area contributed by atoms with Crippen molar-refractivity contribution in [1.82, 2.24) is 4.98 Å². The van der Waals surface area contributed by atoms with E-state index in [2.05, 4.69) is 10.3 Å². The van der Waals surface area contributed by atoms with E-state index >= 15 is 0 Å². The number of carboxylic acid groups (broad SMARTS) is 1. The van der Waals surface area contributed by atoms with Crippen LogP contribution in [0.5, 0.6) is 0 Å². The summed E-state index contributed by atoms with van der Waals surface area (Å²) >= 11 is 1.42. The van der Waals surface area contributed by atoms with Crippen molar-refractivity contribution in [3.05, 3.63) is 46.2 Å². The molecule has 0 fully saturated rings. The molecule has 2 N–H and O–H groups in total. The van der Waals surface area contributed by atoms with E-state index < -0.39 is 11.8 Å². The van der Waals surface area contributed by atoms with Crippen LogP contribution in [0.25, 0.3) is 0 Å². The number of hydrogen-bond acceptors (Lipinski definition) is 4. The quantitative estimate of drug-likeness (QED) is 0.878. The number of nitrogens with zero attached hydrogens (tertiary/aromatic N) is 1. The Kier molecular flexibility index (Phi) is 3.34. The third-order valence-electron chi connectivity index (χ3n) is 2.14. The summed E-state index contributed by atoms with van der Waals surface area (Å²) < 4.78 is 13.5. The maximum absolute atomic E-state index is 13.5. The Labute approximate surface area is 101 Å². The van der Waals surface area contributed by atoms with Crippen molar-refractivity contribution >= 4 is 23.0 Å². The molecule has 0 radical (unpaired) electrons. The number of carbonyl (C=O) groups is 1. The molecule has 0 atom stereocenters. The smallest absolute Gasteiger partial charge is 0.337 e. The molecule has 0 saturated heterocycles. The Morgan fingerprint density at radius 1 is 1.53 bits per heavy atom. The highest BCUT2D eigenvalue weighted by Gasteiger charge is 2.13. The molecule has 88 valence electrons. The van der Waals surface area contributed by atoms with Crippen LogP contribution >= 0.6 is 11.3 Å². The summed E-state index contributed by atoms with van der Waals surface area (Å²) in [6.45, 7) is 0.304. The number of para-hydroxylation sites is 1. The van der Waals surface area contributed by atoms with Gasteiger partial charge in [-0.15, -0.1) is 11.3 Å². The van der Waals surface area contributed by atoms with Crippen LogP contribution in [-0.4, -0.2) is 16.1 Å². The predicted octanol–water partition coefficient (Wildman–Crippen LogP) is 2.59. The van der Waals surface area contributed by atoms with Crippen LogP contribution < -0.4 is 5.32 Å². The third-order valence-corrected chi connectivity index (χ3v) is 2.92. The Morgan fingerprint density at radius 3 is 3.00 bits per heavy atom. The van der Waals surface area contributed by atoms with Gasteiger partial charge in [0.25, 0.3) is 0 Å². The summed E-state index contributed by atoms with van der Waals surface area (Å²) in [5, 5.41) is 14.3. The van der Waals surface area contributed by atoms with Gasteiger partial charge in [-0.05, 0) is 12.1 Å². The van der Waals surface area contributed by atoms with Gasteiger partial charge in [0.05, 0.1) is 17.8 Å². The summed E-state index contributed by atoms with van der Waals surface area (Å²) in [6.07, 6.45) is 1.64. The molecule has 0 saturated carbocycles.